The van der Waals surface area contributed by atoms with Crippen LogP contribution in [0, 0.1) is 11.6 Å². The monoisotopic (exact) mass is 419 g/mol. The van der Waals surface area contributed by atoms with Crippen molar-refractivity contribution in [3.05, 3.63) is 59.6 Å². The van der Waals surface area contributed by atoms with Crippen LogP contribution in [0.4, 0.5) is 8.78 Å². The van der Waals surface area contributed by atoms with Gasteiger partial charge in [-0.15, -0.1) is 0 Å². The van der Waals surface area contributed by atoms with Crippen molar-refractivity contribution in [1.82, 2.24) is 15.1 Å². The molecule has 1 atom stereocenters. The molecule has 2 heterocycles. The zero-order valence-corrected chi connectivity index (χ0v) is 17.2. The molecule has 3 rings (SSSR count). The Morgan fingerprint density at radius 1 is 1.20 bits per heavy atom. The van der Waals surface area contributed by atoms with Crippen molar-refractivity contribution in [3.63, 3.8) is 0 Å². The molecule has 1 N–H and O–H groups in total. The molecule has 1 unspecified atom stereocenters. The molecule has 8 heteroatoms. The van der Waals surface area contributed by atoms with Gasteiger partial charge in [-0.05, 0) is 57.2 Å². The van der Waals surface area contributed by atoms with Crippen molar-refractivity contribution >= 4 is 11.8 Å². The highest BCUT2D eigenvalue weighted by Crippen LogP contribution is 2.27. The Kier molecular flexibility index (Phi) is 7.20. The van der Waals surface area contributed by atoms with Crippen LogP contribution >= 0.6 is 0 Å². The average molecular weight is 419 g/mol. The third-order valence-corrected chi connectivity index (χ3v) is 5.46. The van der Waals surface area contributed by atoms with Crippen molar-refractivity contribution in [3.8, 4) is 0 Å². The van der Waals surface area contributed by atoms with E-state index >= 15 is 0 Å². The zero-order chi connectivity index (χ0) is 21.7. The van der Waals surface area contributed by atoms with E-state index in [0.29, 0.717) is 5.76 Å². The Morgan fingerprint density at radius 3 is 2.43 bits per heavy atom. The van der Waals surface area contributed by atoms with E-state index < -0.39 is 23.6 Å². The fourth-order valence-electron chi connectivity index (χ4n) is 3.90. The second kappa shape index (κ2) is 9.84. The minimum absolute atomic E-state index is 0.0118. The topological polar surface area (TPSA) is 65.8 Å². The lowest BCUT2D eigenvalue weighted by atomic mass is 9.98. The lowest BCUT2D eigenvalue weighted by Crippen LogP contribution is -2.47. The van der Waals surface area contributed by atoms with Gasteiger partial charge in [0.2, 0.25) is 11.8 Å². The average Bonchev–Trinajstić information content (AvgIpc) is 3.19. The van der Waals surface area contributed by atoms with E-state index in [-0.39, 0.29) is 30.5 Å². The minimum Gasteiger partial charge on any atom is -0.467 e. The molecule has 0 aliphatic carbocycles. The predicted octanol–water partition coefficient (Wildman–Crippen LogP) is 3.25. The highest BCUT2D eigenvalue weighted by molar-refractivity contribution is 5.79. The van der Waals surface area contributed by atoms with Crippen molar-refractivity contribution < 1.29 is 22.8 Å². The van der Waals surface area contributed by atoms with E-state index in [1.165, 1.54) is 13.0 Å². The summed E-state index contributed by atoms with van der Waals surface area (Å²) in [6.45, 7) is 3.23. The van der Waals surface area contributed by atoms with Gasteiger partial charge in [-0.1, -0.05) is 6.07 Å². The van der Waals surface area contributed by atoms with Gasteiger partial charge in [0.1, 0.15) is 17.4 Å². The van der Waals surface area contributed by atoms with Crippen molar-refractivity contribution in [2.45, 2.75) is 44.8 Å². The van der Waals surface area contributed by atoms with Crippen LogP contribution in [0.3, 0.4) is 0 Å². The summed E-state index contributed by atoms with van der Waals surface area (Å²) < 4.78 is 34.2. The number of rotatable bonds is 7. The van der Waals surface area contributed by atoms with Crippen molar-refractivity contribution in [2.75, 3.05) is 20.1 Å². The molecule has 1 aliphatic heterocycles. The van der Waals surface area contributed by atoms with Crippen LogP contribution in [0.1, 0.15) is 43.6 Å². The summed E-state index contributed by atoms with van der Waals surface area (Å²) in [6.07, 6.45) is 2.88. The van der Waals surface area contributed by atoms with Gasteiger partial charge in [-0.25, -0.2) is 8.78 Å². The zero-order valence-electron chi connectivity index (χ0n) is 17.2. The Balaban J connectivity index is 1.84. The molecule has 162 valence electrons. The summed E-state index contributed by atoms with van der Waals surface area (Å²) in [4.78, 5) is 28.9. The number of hydrogen-bond acceptors (Lipinski definition) is 4. The summed E-state index contributed by atoms with van der Waals surface area (Å²) in [5.74, 6) is -1.71. The molecule has 1 aliphatic rings. The minimum atomic E-state index is -1.10. The molecule has 1 fully saturated rings. The van der Waals surface area contributed by atoms with Crippen LogP contribution in [0.5, 0.6) is 0 Å². The number of halogens is 2. The fraction of sp³-hybridized carbons (Fsp3) is 0.455. The third kappa shape index (κ3) is 5.44. The van der Waals surface area contributed by atoms with Gasteiger partial charge in [0.25, 0.3) is 0 Å². The first kappa shape index (κ1) is 22.0. The number of nitrogens with one attached hydrogen (secondary N) is 1. The van der Waals surface area contributed by atoms with Crippen LogP contribution in [-0.2, 0) is 16.1 Å². The first-order valence-corrected chi connectivity index (χ1v) is 10.1. The van der Waals surface area contributed by atoms with Gasteiger partial charge in [0.15, 0.2) is 0 Å². The molecule has 30 heavy (non-hydrogen) atoms. The van der Waals surface area contributed by atoms with E-state index in [1.807, 2.05) is 7.05 Å². The van der Waals surface area contributed by atoms with Crippen molar-refractivity contribution in [2.24, 2.45) is 0 Å². The maximum absolute atomic E-state index is 14.4. The number of furan rings is 1. The number of benzene rings is 1. The Morgan fingerprint density at radius 2 is 1.87 bits per heavy atom. The summed E-state index contributed by atoms with van der Waals surface area (Å²) in [7, 11) is 2.03. The highest BCUT2D eigenvalue weighted by atomic mass is 19.1. The van der Waals surface area contributed by atoms with Gasteiger partial charge in [0, 0.05) is 18.5 Å². The van der Waals surface area contributed by atoms with Crippen LogP contribution in [0.25, 0.3) is 0 Å². The maximum Gasteiger partial charge on any atom is 0.225 e. The van der Waals surface area contributed by atoms with E-state index in [0.717, 1.165) is 38.1 Å². The van der Waals surface area contributed by atoms with Gasteiger partial charge >= 0.3 is 0 Å². The number of carbonyl (C=O) groups is 2. The van der Waals surface area contributed by atoms with Crippen molar-refractivity contribution in [1.29, 1.82) is 0 Å². The lowest BCUT2D eigenvalue weighted by molar-refractivity contribution is -0.136. The van der Waals surface area contributed by atoms with Gasteiger partial charge in [-0.2, -0.15) is 0 Å². The SMILES string of the molecule is CC(=O)NC(CC(=O)N(Cc1ccco1)C1CCN(C)CC1)c1c(F)cccc1F. The standard InChI is InChI=1S/C22H27F2N3O3/c1-15(28)25-20(22-18(23)6-3-7-19(22)24)13-21(29)27(14-17-5-4-12-30-17)16-8-10-26(2)11-9-16/h3-7,12,16,20H,8-11,13-14H2,1-2H3,(H,25,28). The number of carbonyl (C=O) groups excluding carboxylic acids is 2. The molecular formula is C22H27F2N3O3. The van der Waals surface area contributed by atoms with E-state index in [2.05, 4.69) is 10.2 Å². The molecule has 1 saturated heterocycles. The molecule has 1 aromatic heterocycles. The van der Waals surface area contributed by atoms with E-state index in [9.17, 15) is 18.4 Å². The molecule has 0 spiro atoms. The maximum atomic E-state index is 14.4. The number of likely N-dealkylation sites (tertiary alicyclic amines) is 1. The number of piperidine rings is 1. The predicted molar refractivity (Wildman–Crippen MR) is 107 cm³/mol. The lowest BCUT2D eigenvalue weighted by Gasteiger charge is -2.37. The van der Waals surface area contributed by atoms with Crippen LogP contribution in [-0.4, -0.2) is 47.8 Å². The molecule has 0 bridgehead atoms. The smallest absolute Gasteiger partial charge is 0.225 e. The molecule has 2 amide bonds. The molecule has 6 nitrogen and oxygen atoms in total. The molecular weight excluding hydrogens is 392 g/mol. The van der Waals surface area contributed by atoms with E-state index in [4.69, 9.17) is 4.42 Å². The summed E-state index contributed by atoms with van der Waals surface area (Å²) >= 11 is 0. The normalized spacial score (nSPS) is 16.3. The first-order chi connectivity index (χ1) is 14.3. The third-order valence-electron chi connectivity index (χ3n) is 5.46. The van der Waals surface area contributed by atoms with Gasteiger partial charge < -0.3 is 19.5 Å². The number of nitrogens with zero attached hydrogens (tertiary/aromatic N) is 2. The molecule has 0 saturated carbocycles. The Labute approximate surface area is 174 Å². The molecule has 2 aromatic rings. The number of amides is 2. The number of hydrogen-bond donors (Lipinski definition) is 1. The van der Waals surface area contributed by atoms with Gasteiger partial charge in [-0.3, -0.25) is 9.59 Å². The quantitative estimate of drug-likeness (QED) is 0.748. The second-order valence-electron chi connectivity index (χ2n) is 7.73. The summed E-state index contributed by atoms with van der Waals surface area (Å²) in [6, 6.07) is 5.93. The molecule has 0 radical (unpaired) electrons. The highest BCUT2D eigenvalue weighted by Gasteiger charge is 2.31. The van der Waals surface area contributed by atoms with E-state index in [1.54, 1.807) is 23.3 Å². The fourth-order valence-corrected chi connectivity index (χ4v) is 3.90. The summed E-state index contributed by atoms with van der Waals surface area (Å²) in [5.41, 5.74) is -0.303. The Bertz CT molecular complexity index is 844. The van der Waals surface area contributed by atoms with Crippen LogP contribution in [0.15, 0.2) is 41.0 Å². The summed E-state index contributed by atoms with van der Waals surface area (Å²) in [5, 5.41) is 2.53. The second-order valence-corrected chi connectivity index (χ2v) is 7.73. The van der Waals surface area contributed by atoms with Crippen LogP contribution < -0.4 is 5.32 Å². The van der Waals surface area contributed by atoms with Crippen LogP contribution in [0.2, 0.25) is 0 Å². The molecule has 1 aromatic carbocycles. The first-order valence-electron chi connectivity index (χ1n) is 10.1. The Hall–Kier alpha value is -2.74. The van der Waals surface area contributed by atoms with Gasteiger partial charge in [0.05, 0.1) is 25.3 Å². The largest absolute Gasteiger partial charge is 0.467 e.